The minimum absolute atomic E-state index is 0. The number of ketones is 2. The number of carbonyl (C=O) groups excluding carboxylic acids is 4. The van der Waals surface area contributed by atoms with Gasteiger partial charge < -0.3 is 48.2 Å². The molecule has 0 aromatic heterocycles. The van der Waals surface area contributed by atoms with Gasteiger partial charge in [0.2, 0.25) is 11.6 Å². The van der Waals surface area contributed by atoms with Gasteiger partial charge in [-0.05, 0) is 83.1 Å². The zero-order chi connectivity index (χ0) is 30.4. The number of carboxylic acid groups (broad SMARTS) is 2. The molecular formula is C26H46O12Ti. The summed E-state index contributed by atoms with van der Waals surface area (Å²) < 4.78 is 32.6. The molecule has 0 heterocycles. The number of carbonyl (C=O) groups is 4. The molecule has 12 nitrogen and oxygen atoms in total. The van der Waals surface area contributed by atoms with E-state index in [4.69, 9.17) is 28.4 Å². The van der Waals surface area contributed by atoms with Crippen LogP contribution in [0.25, 0.3) is 0 Å². The van der Waals surface area contributed by atoms with Crippen molar-refractivity contribution < 1.29 is 79.5 Å². The number of hydrogen-bond acceptors (Lipinski definition) is 12. The third kappa shape index (κ3) is 18.7. The molecule has 0 unspecified atom stereocenters. The molecule has 0 rings (SSSR count). The van der Waals surface area contributed by atoms with Crippen LogP contribution in [0.3, 0.4) is 0 Å². The summed E-state index contributed by atoms with van der Waals surface area (Å²) in [5, 5.41) is 21.2. The van der Waals surface area contributed by atoms with Gasteiger partial charge in [0, 0.05) is 11.9 Å². The Labute approximate surface area is 247 Å². The van der Waals surface area contributed by atoms with Crippen LogP contribution in [0, 0.1) is 0 Å². The Bertz CT molecular complexity index is 632. The summed E-state index contributed by atoms with van der Waals surface area (Å²) in [6.07, 6.45) is -3.89. The van der Waals surface area contributed by atoms with Gasteiger partial charge in [0.25, 0.3) is 0 Å². The van der Waals surface area contributed by atoms with Crippen molar-refractivity contribution in [3.05, 3.63) is 0 Å². The molecule has 0 atom stereocenters. The first-order valence-corrected chi connectivity index (χ1v) is 12.7. The summed E-state index contributed by atoms with van der Waals surface area (Å²) in [5.41, 5.74) is 0. The van der Waals surface area contributed by atoms with Gasteiger partial charge in [-0.2, -0.15) is 0 Å². The Morgan fingerprint density at radius 2 is 0.615 bits per heavy atom. The zero-order valence-electron chi connectivity index (χ0n) is 25.3. The van der Waals surface area contributed by atoms with E-state index in [0.29, 0.717) is 0 Å². The molecule has 0 aliphatic rings. The molecule has 0 aliphatic heterocycles. The van der Waals surface area contributed by atoms with E-state index in [9.17, 15) is 29.4 Å². The Morgan fingerprint density at radius 1 is 0.462 bits per heavy atom. The smallest absolute Gasteiger partial charge is 0.550 e. The fraction of sp³-hybridized carbons (Fsp3) is 0.846. The average Bonchev–Trinajstić information content (AvgIpc) is 2.63. The molecule has 0 aromatic carbocycles. The summed E-state index contributed by atoms with van der Waals surface area (Å²) in [6.45, 7) is 20.4. The fourth-order valence-corrected chi connectivity index (χ4v) is 2.90. The third-order valence-corrected chi connectivity index (χ3v) is 3.64. The molecule has 0 saturated carbocycles. The van der Waals surface area contributed by atoms with E-state index in [1.54, 1.807) is 83.1 Å². The van der Waals surface area contributed by atoms with Crippen LogP contribution in [-0.4, -0.2) is 72.1 Å². The largest absolute Gasteiger partial charge is 2.00 e. The van der Waals surface area contributed by atoms with Gasteiger partial charge >= 0.3 is 33.7 Å². The maximum Gasteiger partial charge on any atom is 2.00 e. The SMILES string of the molecule is CC(C)OC(OC(C)C)(OC(C)C)C(=O)CC(=O)[O-].CC(C)OC(OC(C)C)(OC(C)C)C(=O)CC(=O)[O-].[Ti+2]. The Balaban J connectivity index is -0.000000648. The summed E-state index contributed by atoms with van der Waals surface area (Å²) in [5.74, 6) is -8.64. The first kappa shape index (κ1) is 42.2. The van der Waals surface area contributed by atoms with Crippen LogP contribution >= 0.6 is 0 Å². The second kappa shape index (κ2) is 19.8. The molecule has 0 aromatic rings. The van der Waals surface area contributed by atoms with E-state index in [0.717, 1.165) is 0 Å². The topological polar surface area (TPSA) is 170 Å². The number of aliphatic carboxylic acids is 2. The third-order valence-electron chi connectivity index (χ3n) is 3.64. The molecule has 0 aliphatic carbocycles. The standard InChI is InChI=1S/2C13H24O6.Ti/c2*1-8(2)17-13(18-9(3)4,19-10(5)6)11(14)7-12(15)16;/h2*8-10H,7H2,1-6H3,(H,15,16);/q;;+2/p-2. The van der Waals surface area contributed by atoms with Crippen LogP contribution in [-0.2, 0) is 69.3 Å². The quantitative estimate of drug-likeness (QED) is 0.126. The van der Waals surface area contributed by atoms with Crippen molar-refractivity contribution in [2.75, 3.05) is 0 Å². The van der Waals surface area contributed by atoms with Crippen molar-refractivity contribution in [2.45, 2.75) is 144 Å². The van der Waals surface area contributed by atoms with Gasteiger partial charge in [-0.25, -0.2) is 0 Å². The maximum absolute atomic E-state index is 12.1. The van der Waals surface area contributed by atoms with Crippen LogP contribution in [0.5, 0.6) is 0 Å². The Morgan fingerprint density at radius 3 is 0.718 bits per heavy atom. The summed E-state index contributed by atoms with van der Waals surface area (Å²) in [4.78, 5) is 45.4. The number of ether oxygens (including phenoxy) is 6. The molecule has 0 spiro atoms. The van der Waals surface area contributed by atoms with Crippen molar-refractivity contribution in [3.63, 3.8) is 0 Å². The van der Waals surface area contributed by atoms with E-state index in [1.807, 2.05) is 0 Å². The second-order valence-corrected chi connectivity index (χ2v) is 10.1. The van der Waals surface area contributed by atoms with Crippen LogP contribution in [0.1, 0.15) is 95.9 Å². The molecular weight excluding hydrogens is 552 g/mol. The van der Waals surface area contributed by atoms with Gasteiger partial charge in [-0.1, -0.05) is 0 Å². The normalized spacial score (nSPS) is 12.2. The van der Waals surface area contributed by atoms with Crippen LogP contribution < -0.4 is 10.2 Å². The van der Waals surface area contributed by atoms with E-state index in [-0.39, 0.29) is 58.3 Å². The summed E-state index contributed by atoms with van der Waals surface area (Å²) >= 11 is 0. The Kier molecular flexibility index (Phi) is 21.4. The average molecular weight is 599 g/mol. The molecule has 0 saturated heterocycles. The van der Waals surface area contributed by atoms with E-state index >= 15 is 0 Å². The fourth-order valence-electron chi connectivity index (χ4n) is 2.90. The second-order valence-electron chi connectivity index (χ2n) is 10.1. The summed E-state index contributed by atoms with van der Waals surface area (Å²) in [7, 11) is 0. The van der Waals surface area contributed by atoms with Gasteiger partial charge in [0.15, 0.2) is 0 Å². The molecule has 13 heteroatoms. The molecule has 0 radical (unpaired) electrons. The summed E-state index contributed by atoms with van der Waals surface area (Å²) in [6, 6.07) is 0. The minimum Gasteiger partial charge on any atom is -0.550 e. The molecule has 0 amide bonds. The number of Topliss-reactive ketones (excluding diaryl/α,β-unsaturated/α-hetero) is 2. The number of hydrogen-bond donors (Lipinski definition) is 0. The predicted octanol–water partition coefficient (Wildman–Crippen LogP) is 1.25. The molecule has 0 fully saturated rings. The van der Waals surface area contributed by atoms with Crippen molar-refractivity contribution in [3.8, 4) is 0 Å². The van der Waals surface area contributed by atoms with Crippen molar-refractivity contribution in [1.29, 1.82) is 0 Å². The minimum atomic E-state index is -2.00. The maximum atomic E-state index is 12.1. The van der Waals surface area contributed by atoms with Crippen molar-refractivity contribution in [1.82, 2.24) is 0 Å². The van der Waals surface area contributed by atoms with E-state index in [1.165, 1.54) is 0 Å². The number of rotatable bonds is 18. The Hall–Kier alpha value is -1.25. The van der Waals surface area contributed by atoms with Crippen LogP contribution in [0.2, 0.25) is 0 Å². The van der Waals surface area contributed by atoms with Gasteiger partial charge in [0.05, 0.1) is 49.5 Å². The molecule has 226 valence electrons. The predicted molar refractivity (Wildman–Crippen MR) is 132 cm³/mol. The first-order valence-electron chi connectivity index (χ1n) is 12.7. The molecule has 39 heavy (non-hydrogen) atoms. The van der Waals surface area contributed by atoms with Crippen LogP contribution in [0.4, 0.5) is 0 Å². The van der Waals surface area contributed by atoms with Gasteiger partial charge in [-0.3, -0.25) is 9.59 Å². The van der Waals surface area contributed by atoms with E-state index in [2.05, 4.69) is 0 Å². The number of carboxylic acids is 2. The zero-order valence-corrected chi connectivity index (χ0v) is 26.8. The van der Waals surface area contributed by atoms with E-state index < -0.39 is 48.3 Å². The van der Waals surface area contributed by atoms with Crippen molar-refractivity contribution >= 4 is 23.5 Å². The van der Waals surface area contributed by atoms with Crippen molar-refractivity contribution in [2.24, 2.45) is 0 Å². The van der Waals surface area contributed by atoms with Crippen LogP contribution in [0.15, 0.2) is 0 Å². The van der Waals surface area contributed by atoms with Gasteiger partial charge in [-0.15, -0.1) is 0 Å². The first-order chi connectivity index (χ1) is 17.2. The van der Waals surface area contributed by atoms with Gasteiger partial charge in [0.1, 0.15) is 0 Å². The molecule has 0 N–H and O–H groups in total. The monoisotopic (exact) mass is 598 g/mol. The molecule has 0 bridgehead atoms.